The van der Waals surface area contributed by atoms with E-state index in [1.807, 2.05) is 24.3 Å². The molecule has 0 amide bonds. The van der Waals surface area contributed by atoms with Gasteiger partial charge in [-0.05, 0) is 18.6 Å². The highest BCUT2D eigenvalue weighted by Crippen LogP contribution is 2.26. The fourth-order valence-electron chi connectivity index (χ4n) is 2.76. The molecule has 8 heteroatoms. The molecule has 0 aliphatic carbocycles. The molecule has 1 heterocycles. The molecule has 1 N–H and O–H groups in total. The fraction of sp³-hybridized carbons (Fsp3) is 0.200. The number of benzene rings is 2. The van der Waals surface area contributed by atoms with Crippen LogP contribution in [0.15, 0.2) is 54.6 Å². The van der Waals surface area contributed by atoms with Crippen molar-refractivity contribution < 1.29 is 14.4 Å². The molecule has 0 spiro atoms. The summed E-state index contributed by atoms with van der Waals surface area (Å²) in [5, 5.41) is 14.3. The Morgan fingerprint density at radius 2 is 1.86 bits per heavy atom. The van der Waals surface area contributed by atoms with Crippen LogP contribution in [-0.2, 0) is 6.42 Å². The zero-order chi connectivity index (χ0) is 19.9. The molecule has 0 aliphatic heterocycles. The summed E-state index contributed by atoms with van der Waals surface area (Å²) in [4.78, 5) is 19.4. The average molecular weight is 380 g/mol. The average Bonchev–Trinajstić information content (AvgIpc) is 2.73. The Bertz CT molecular complexity index is 978. The molecule has 0 unspecified atom stereocenters. The summed E-state index contributed by atoms with van der Waals surface area (Å²) in [5.74, 6) is 1.30. The zero-order valence-electron chi connectivity index (χ0n) is 15.6. The van der Waals surface area contributed by atoms with Gasteiger partial charge in [-0.25, -0.2) is 0 Å². The Hall–Kier alpha value is -3.68. The number of hydrogen-bond acceptors (Lipinski definition) is 7. The molecular weight excluding hydrogens is 360 g/mol. The third-order valence-electron chi connectivity index (χ3n) is 4.14. The number of para-hydroxylation sites is 1. The van der Waals surface area contributed by atoms with E-state index in [1.165, 1.54) is 13.2 Å². The first-order chi connectivity index (χ1) is 13.6. The van der Waals surface area contributed by atoms with E-state index in [9.17, 15) is 10.1 Å². The first-order valence-corrected chi connectivity index (χ1v) is 8.64. The minimum atomic E-state index is -0.371. The molecule has 0 bridgehead atoms. The number of ether oxygens (including phenoxy) is 2. The molecule has 0 fully saturated rings. The zero-order valence-corrected chi connectivity index (χ0v) is 15.6. The van der Waals surface area contributed by atoms with Gasteiger partial charge in [0.25, 0.3) is 5.69 Å². The van der Waals surface area contributed by atoms with Gasteiger partial charge in [0.1, 0.15) is 11.6 Å². The lowest BCUT2D eigenvalue weighted by atomic mass is 10.1. The lowest BCUT2D eigenvalue weighted by Crippen LogP contribution is -2.09. The van der Waals surface area contributed by atoms with Crippen LogP contribution in [0.1, 0.15) is 5.56 Å². The molecule has 2 aromatic carbocycles. The van der Waals surface area contributed by atoms with E-state index >= 15 is 0 Å². The molecule has 144 valence electrons. The van der Waals surface area contributed by atoms with E-state index in [1.54, 1.807) is 31.4 Å². The highest BCUT2D eigenvalue weighted by molar-refractivity contribution is 5.64. The van der Waals surface area contributed by atoms with Crippen molar-refractivity contribution in [1.82, 2.24) is 9.97 Å². The molecule has 0 radical (unpaired) electrons. The predicted octanol–water partition coefficient (Wildman–Crippen LogP) is 3.72. The van der Waals surface area contributed by atoms with Gasteiger partial charge >= 0.3 is 6.01 Å². The van der Waals surface area contributed by atoms with Crippen molar-refractivity contribution in [3.63, 3.8) is 0 Å². The number of aromatic nitrogens is 2. The smallest absolute Gasteiger partial charge is 0.318 e. The third kappa shape index (κ3) is 4.53. The summed E-state index contributed by atoms with van der Waals surface area (Å²) in [6.07, 6.45) is 0.484. The fourth-order valence-corrected chi connectivity index (χ4v) is 2.76. The van der Waals surface area contributed by atoms with Crippen molar-refractivity contribution in [2.45, 2.75) is 6.42 Å². The van der Waals surface area contributed by atoms with E-state index < -0.39 is 0 Å². The Labute approximate surface area is 162 Å². The number of methoxy groups -OCH3 is 2. The number of rotatable bonds is 8. The van der Waals surface area contributed by atoms with Crippen LogP contribution in [0.2, 0.25) is 0 Å². The van der Waals surface area contributed by atoms with Crippen molar-refractivity contribution >= 4 is 11.5 Å². The summed E-state index contributed by atoms with van der Waals surface area (Å²) in [6, 6.07) is 16.3. The lowest BCUT2D eigenvalue weighted by Gasteiger charge is -2.10. The van der Waals surface area contributed by atoms with Gasteiger partial charge in [-0.2, -0.15) is 9.97 Å². The van der Waals surface area contributed by atoms with Crippen molar-refractivity contribution in [1.29, 1.82) is 0 Å². The highest BCUT2D eigenvalue weighted by Gasteiger charge is 2.12. The molecule has 0 saturated carbocycles. The summed E-state index contributed by atoms with van der Waals surface area (Å²) < 4.78 is 10.5. The van der Waals surface area contributed by atoms with Gasteiger partial charge in [0.05, 0.1) is 24.8 Å². The maximum absolute atomic E-state index is 11.1. The molecule has 0 atom stereocenters. The lowest BCUT2D eigenvalue weighted by molar-refractivity contribution is -0.385. The van der Waals surface area contributed by atoms with E-state index in [2.05, 4.69) is 15.3 Å². The van der Waals surface area contributed by atoms with E-state index in [4.69, 9.17) is 9.47 Å². The maximum Gasteiger partial charge on any atom is 0.318 e. The summed E-state index contributed by atoms with van der Waals surface area (Å²) in [7, 11) is 3.11. The quantitative estimate of drug-likeness (QED) is 0.469. The largest absolute Gasteiger partial charge is 0.497 e. The number of nitro groups is 1. The van der Waals surface area contributed by atoms with Crippen LogP contribution in [-0.4, -0.2) is 35.7 Å². The van der Waals surface area contributed by atoms with E-state index in [0.29, 0.717) is 30.0 Å². The Morgan fingerprint density at radius 3 is 2.61 bits per heavy atom. The molecule has 3 rings (SSSR count). The predicted molar refractivity (Wildman–Crippen MR) is 106 cm³/mol. The van der Waals surface area contributed by atoms with Crippen LogP contribution in [0.4, 0.5) is 11.5 Å². The Kier molecular flexibility index (Phi) is 6.01. The molecule has 1 aromatic heterocycles. The SMILES string of the molecule is COc1cccc(-c2cc(NCCc3ccccc3[N+](=O)[O-])nc(OC)n2)c1. The maximum atomic E-state index is 11.1. The number of hydrogen-bond donors (Lipinski definition) is 1. The van der Waals surface area contributed by atoms with Crippen molar-refractivity contribution in [2.24, 2.45) is 0 Å². The summed E-state index contributed by atoms with van der Waals surface area (Å²) in [6.45, 7) is 0.475. The number of nitrogens with one attached hydrogen (secondary N) is 1. The van der Waals surface area contributed by atoms with Crippen molar-refractivity contribution in [2.75, 3.05) is 26.1 Å². The standard InChI is InChI=1S/C20H20N4O4/c1-27-16-8-5-7-15(12-16)17-13-19(23-20(22-17)28-2)21-11-10-14-6-3-4-9-18(14)24(25)26/h3-9,12-13H,10-11H2,1-2H3,(H,21,22,23). The van der Waals surface area contributed by atoms with Gasteiger partial charge in [0.15, 0.2) is 0 Å². The Balaban J connectivity index is 1.78. The number of nitro benzene ring substituents is 1. The van der Waals surface area contributed by atoms with Gasteiger partial charge < -0.3 is 14.8 Å². The third-order valence-corrected chi connectivity index (χ3v) is 4.14. The molecular formula is C20H20N4O4. The van der Waals surface area contributed by atoms with Gasteiger partial charge in [-0.1, -0.05) is 30.3 Å². The summed E-state index contributed by atoms with van der Waals surface area (Å²) >= 11 is 0. The second kappa shape index (κ2) is 8.81. The van der Waals surface area contributed by atoms with Crippen LogP contribution >= 0.6 is 0 Å². The topological polar surface area (TPSA) is 99.4 Å². The molecule has 0 aliphatic rings. The first-order valence-electron chi connectivity index (χ1n) is 8.64. The first kappa shape index (κ1) is 19.1. The van der Waals surface area contributed by atoms with Crippen LogP contribution < -0.4 is 14.8 Å². The number of anilines is 1. The van der Waals surface area contributed by atoms with E-state index in [0.717, 1.165) is 11.3 Å². The van der Waals surface area contributed by atoms with Gasteiger partial charge in [0.2, 0.25) is 0 Å². The summed E-state index contributed by atoms with van der Waals surface area (Å²) in [5.41, 5.74) is 2.32. The second-order valence-electron chi connectivity index (χ2n) is 5.92. The minimum absolute atomic E-state index is 0.113. The highest BCUT2D eigenvalue weighted by atomic mass is 16.6. The van der Waals surface area contributed by atoms with Crippen LogP contribution in [0.25, 0.3) is 11.3 Å². The molecule has 28 heavy (non-hydrogen) atoms. The van der Waals surface area contributed by atoms with Crippen LogP contribution in [0.5, 0.6) is 11.8 Å². The monoisotopic (exact) mass is 380 g/mol. The normalized spacial score (nSPS) is 10.4. The molecule has 3 aromatic rings. The van der Waals surface area contributed by atoms with Crippen molar-refractivity contribution in [3.05, 3.63) is 70.3 Å². The number of nitrogens with zero attached hydrogens (tertiary/aromatic N) is 3. The van der Waals surface area contributed by atoms with Gasteiger partial charge in [-0.15, -0.1) is 0 Å². The van der Waals surface area contributed by atoms with Crippen molar-refractivity contribution in [3.8, 4) is 23.0 Å². The minimum Gasteiger partial charge on any atom is -0.497 e. The molecule has 0 saturated heterocycles. The van der Waals surface area contributed by atoms with E-state index in [-0.39, 0.29) is 16.6 Å². The van der Waals surface area contributed by atoms with Gasteiger partial charge in [0, 0.05) is 29.8 Å². The van der Waals surface area contributed by atoms with Crippen LogP contribution in [0.3, 0.4) is 0 Å². The second-order valence-corrected chi connectivity index (χ2v) is 5.92. The van der Waals surface area contributed by atoms with Gasteiger partial charge in [-0.3, -0.25) is 10.1 Å². The van der Waals surface area contributed by atoms with Crippen LogP contribution in [0, 0.1) is 10.1 Å². The molecule has 8 nitrogen and oxygen atoms in total. The Morgan fingerprint density at radius 1 is 1.04 bits per heavy atom.